The van der Waals surface area contributed by atoms with Crippen molar-refractivity contribution in [2.75, 3.05) is 0 Å². The van der Waals surface area contributed by atoms with Gasteiger partial charge in [-0.25, -0.2) is 0 Å². The summed E-state index contributed by atoms with van der Waals surface area (Å²) in [5, 5.41) is 5.35. The summed E-state index contributed by atoms with van der Waals surface area (Å²) in [4.78, 5) is 0. The monoisotopic (exact) mass is 824 g/mol. The van der Waals surface area contributed by atoms with E-state index in [0.717, 1.165) is 6.42 Å². The fourth-order valence-corrected chi connectivity index (χ4v) is 11.9. The van der Waals surface area contributed by atoms with Crippen LogP contribution < -0.4 is 0 Å². The van der Waals surface area contributed by atoms with E-state index < -0.39 is 0 Å². The van der Waals surface area contributed by atoms with Crippen LogP contribution in [-0.4, -0.2) is 0 Å². The van der Waals surface area contributed by atoms with Crippen molar-refractivity contribution in [2.45, 2.75) is 12.3 Å². The van der Waals surface area contributed by atoms with Gasteiger partial charge in [-0.3, -0.25) is 0 Å². The highest BCUT2D eigenvalue weighted by Gasteiger charge is 2.16. The molecule has 1 unspecified atom stereocenters. The lowest BCUT2D eigenvalue weighted by molar-refractivity contribution is 0.857. The van der Waals surface area contributed by atoms with Crippen molar-refractivity contribution in [3.05, 3.63) is 236 Å². The number of rotatable bonds is 7. The lowest BCUT2D eigenvalue weighted by Gasteiger charge is -2.18. The first-order valence-corrected chi connectivity index (χ1v) is 23.0. The normalized spacial score (nSPS) is 13.9. The summed E-state index contributed by atoms with van der Waals surface area (Å²) in [5.41, 5.74) is 16.4. The quantitative estimate of drug-likeness (QED) is 0.150. The number of benzene rings is 9. The molecule has 12 rings (SSSR count). The molecule has 0 aliphatic heterocycles. The van der Waals surface area contributed by atoms with Crippen LogP contribution in [0.15, 0.2) is 224 Å². The highest BCUT2D eigenvalue weighted by Crippen LogP contribution is 2.43. The summed E-state index contributed by atoms with van der Waals surface area (Å²) in [7, 11) is 0. The van der Waals surface area contributed by atoms with E-state index in [0.29, 0.717) is 5.92 Å². The molecule has 0 nitrogen and oxygen atoms in total. The minimum atomic E-state index is 0.345. The Labute approximate surface area is 370 Å². The van der Waals surface area contributed by atoms with Crippen LogP contribution in [0.25, 0.3) is 102 Å². The SMILES string of the molecule is C1=CC(c2cccc(-c3cccc4c3sc3ccccc34)c2)CC=C1c1cccc(-c2cccc(-c3ccc(-c4cccc(-c5cccc6c5sc5ccccc56)c4)cc3)c2)c1. The Morgan fingerprint density at radius 3 is 1.34 bits per heavy atom. The van der Waals surface area contributed by atoms with Crippen LogP contribution in [0, 0.1) is 0 Å². The van der Waals surface area contributed by atoms with E-state index in [1.165, 1.54) is 113 Å². The fourth-order valence-electron chi connectivity index (χ4n) is 9.45. The van der Waals surface area contributed by atoms with Gasteiger partial charge in [-0.05, 0) is 109 Å². The van der Waals surface area contributed by atoms with Crippen LogP contribution in [0.2, 0.25) is 0 Å². The van der Waals surface area contributed by atoms with Gasteiger partial charge in [0, 0.05) is 46.3 Å². The largest absolute Gasteiger partial charge is 0.135 e. The maximum atomic E-state index is 2.42. The minimum absolute atomic E-state index is 0.345. The van der Waals surface area contributed by atoms with E-state index in [9.17, 15) is 0 Å². The summed E-state index contributed by atoms with van der Waals surface area (Å²) in [6.07, 6.45) is 8.12. The molecule has 0 radical (unpaired) electrons. The lowest BCUT2D eigenvalue weighted by Crippen LogP contribution is -1.99. The van der Waals surface area contributed by atoms with Crippen molar-refractivity contribution in [1.29, 1.82) is 0 Å². The Kier molecular flexibility index (Phi) is 9.13. The highest BCUT2D eigenvalue weighted by atomic mass is 32.1. The summed E-state index contributed by atoms with van der Waals surface area (Å²) >= 11 is 3.78. The van der Waals surface area contributed by atoms with E-state index in [1.807, 2.05) is 22.7 Å². The molecule has 292 valence electrons. The molecule has 0 saturated carbocycles. The van der Waals surface area contributed by atoms with Gasteiger partial charge in [0.2, 0.25) is 0 Å². The molecule has 0 amide bonds. The Hall–Kier alpha value is -7.10. The topological polar surface area (TPSA) is 0 Å². The van der Waals surface area contributed by atoms with Crippen LogP contribution in [0.5, 0.6) is 0 Å². The molecule has 1 aliphatic rings. The molecule has 1 atom stereocenters. The Morgan fingerprint density at radius 1 is 0.339 bits per heavy atom. The fraction of sp³-hybridized carbons (Fsp3) is 0.0333. The highest BCUT2D eigenvalue weighted by molar-refractivity contribution is 7.26. The first-order chi connectivity index (χ1) is 30.7. The van der Waals surface area contributed by atoms with Gasteiger partial charge in [-0.15, -0.1) is 22.7 Å². The second kappa shape index (κ2) is 15.4. The Balaban J connectivity index is 0.766. The van der Waals surface area contributed by atoms with Gasteiger partial charge in [0.05, 0.1) is 0 Å². The molecule has 62 heavy (non-hydrogen) atoms. The molecular weight excluding hydrogens is 785 g/mol. The van der Waals surface area contributed by atoms with Crippen molar-refractivity contribution < 1.29 is 0 Å². The molecule has 0 fully saturated rings. The number of fused-ring (bicyclic) bond motifs is 6. The van der Waals surface area contributed by atoms with Gasteiger partial charge in [-0.2, -0.15) is 0 Å². The van der Waals surface area contributed by atoms with Crippen molar-refractivity contribution >= 4 is 68.6 Å². The van der Waals surface area contributed by atoms with Crippen molar-refractivity contribution in [3.63, 3.8) is 0 Å². The molecule has 0 N–H and O–H groups in total. The average molecular weight is 825 g/mol. The summed E-state index contributed by atoms with van der Waals surface area (Å²) < 4.78 is 5.39. The molecule has 9 aromatic carbocycles. The zero-order valence-electron chi connectivity index (χ0n) is 34.0. The smallest absolute Gasteiger partial charge is 0.0433 e. The number of hydrogen-bond donors (Lipinski definition) is 0. The van der Waals surface area contributed by atoms with Crippen LogP contribution in [0.3, 0.4) is 0 Å². The molecule has 1 aliphatic carbocycles. The molecule has 2 aromatic heterocycles. The van der Waals surface area contributed by atoms with Gasteiger partial charge in [0.1, 0.15) is 0 Å². The zero-order valence-corrected chi connectivity index (χ0v) is 35.6. The molecule has 0 bridgehead atoms. The molecule has 0 spiro atoms. The summed E-state index contributed by atoms with van der Waals surface area (Å²) in [6, 6.07) is 76.1. The Morgan fingerprint density at radius 2 is 0.774 bits per heavy atom. The molecule has 2 heteroatoms. The maximum absolute atomic E-state index is 2.42. The van der Waals surface area contributed by atoms with Gasteiger partial charge in [-0.1, -0.05) is 194 Å². The van der Waals surface area contributed by atoms with Crippen molar-refractivity contribution in [1.82, 2.24) is 0 Å². The predicted molar refractivity (Wildman–Crippen MR) is 270 cm³/mol. The second-order valence-electron chi connectivity index (χ2n) is 16.4. The van der Waals surface area contributed by atoms with Crippen LogP contribution in [0.4, 0.5) is 0 Å². The van der Waals surface area contributed by atoms with Crippen molar-refractivity contribution in [2.24, 2.45) is 0 Å². The predicted octanol–water partition coefficient (Wildman–Crippen LogP) is 17.9. The first kappa shape index (κ1) is 36.7. The standard InChI is InChI=1S/C60H40S2/c1-3-25-57-53(19-1)55-23-9-21-51(59(55)61-57)49-17-7-13-45(37-49)41-31-27-39(28-32-41)43-11-5-15-47(35-43)48-16-6-12-44(36-48)40-29-33-42(34-30-40)46-14-8-18-50(38-46)52-22-10-24-56-54-20-2-4-26-58(54)62-60(52)56/h1-33,35-38,42H,34H2. The van der Waals surface area contributed by atoms with Gasteiger partial charge < -0.3 is 0 Å². The average Bonchev–Trinajstić information content (AvgIpc) is 3.93. The van der Waals surface area contributed by atoms with E-state index in [1.54, 1.807) is 0 Å². The third-order valence-electron chi connectivity index (χ3n) is 12.7. The number of hydrogen-bond acceptors (Lipinski definition) is 2. The van der Waals surface area contributed by atoms with Crippen molar-refractivity contribution in [3.8, 4) is 55.6 Å². The molecule has 11 aromatic rings. The minimum Gasteiger partial charge on any atom is -0.135 e. The van der Waals surface area contributed by atoms with Gasteiger partial charge >= 0.3 is 0 Å². The lowest BCUT2D eigenvalue weighted by atomic mass is 9.86. The summed E-state index contributed by atoms with van der Waals surface area (Å²) in [6.45, 7) is 0. The van der Waals surface area contributed by atoms with Crippen LogP contribution >= 0.6 is 22.7 Å². The van der Waals surface area contributed by atoms with Crippen LogP contribution in [0.1, 0.15) is 23.5 Å². The number of thiophene rings is 2. The maximum Gasteiger partial charge on any atom is 0.0433 e. The van der Waals surface area contributed by atoms with E-state index in [4.69, 9.17) is 0 Å². The zero-order chi connectivity index (χ0) is 41.0. The molecular formula is C60H40S2. The van der Waals surface area contributed by atoms with Gasteiger partial charge in [0.25, 0.3) is 0 Å². The third-order valence-corrected chi connectivity index (χ3v) is 15.1. The second-order valence-corrected chi connectivity index (χ2v) is 18.5. The first-order valence-electron chi connectivity index (χ1n) is 21.4. The van der Waals surface area contributed by atoms with Crippen LogP contribution in [-0.2, 0) is 0 Å². The number of allylic oxidation sites excluding steroid dienone is 4. The van der Waals surface area contributed by atoms with E-state index in [2.05, 4.69) is 224 Å². The van der Waals surface area contributed by atoms with E-state index in [-0.39, 0.29) is 0 Å². The van der Waals surface area contributed by atoms with E-state index >= 15 is 0 Å². The summed E-state index contributed by atoms with van der Waals surface area (Å²) in [5.74, 6) is 0.345. The Bertz CT molecular complexity index is 3560. The van der Waals surface area contributed by atoms with Gasteiger partial charge in [0.15, 0.2) is 0 Å². The molecule has 2 heterocycles. The molecule has 0 saturated heterocycles. The third kappa shape index (κ3) is 6.60.